The van der Waals surface area contributed by atoms with E-state index in [1.165, 1.54) is 30.5 Å². The first-order valence-corrected chi connectivity index (χ1v) is 15.9. The fourth-order valence-electron chi connectivity index (χ4n) is 8.41. The molecule has 13 heteroatoms. The maximum absolute atomic E-state index is 16.9. The molecule has 0 amide bonds. The molecule has 8 rings (SSSR count). The number of hydrogen-bond donors (Lipinski definition) is 5. The van der Waals surface area contributed by atoms with Crippen molar-refractivity contribution in [2.45, 2.75) is 68.2 Å². The molecular formula is C34H34F2N6O5. The second-order valence-electron chi connectivity index (χ2n) is 13.1. The van der Waals surface area contributed by atoms with Crippen molar-refractivity contribution in [1.29, 1.82) is 0 Å². The van der Waals surface area contributed by atoms with Crippen LogP contribution in [-0.2, 0) is 0 Å². The molecule has 2 aromatic carbocycles. The van der Waals surface area contributed by atoms with E-state index in [1.807, 2.05) is 9.80 Å². The number of aliphatic hydroxyl groups excluding tert-OH is 1. The molecule has 4 atom stereocenters. The van der Waals surface area contributed by atoms with Crippen LogP contribution in [0.2, 0.25) is 0 Å². The van der Waals surface area contributed by atoms with Gasteiger partial charge < -0.3 is 35.4 Å². The van der Waals surface area contributed by atoms with Crippen molar-refractivity contribution in [2.75, 3.05) is 31.1 Å². The second kappa shape index (κ2) is 10.9. The number of aromatic nitrogens is 3. The molecule has 0 saturated carbocycles. The quantitative estimate of drug-likeness (QED) is 0.156. The molecule has 47 heavy (non-hydrogen) atoms. The lowest BCUT2D eigenvalue weighted by atomic mass is 9.91. The van der Waals surface area contributed by atoms with E-state index >= 15 is 4.39 Å². The van der Waals surface area contributed by atoms with E-state index in [0.717, 1.165) is 12.8 Å². The van der Waals surface area contributed by atoms with Crippen LogP contribution in [0.5, 0.6) is 11.8 Å². The van der Waals surface area contributed by atoms with Crippen LogP contribution in [0, 0.1) is 24.0 Å². The number of fused-ring (bicyclic) bond motifs is 5. The number of phenolic OH excluding ortho intramolecular Hbond substituents is 1. The highest BCUT2D eigenvalue weighted by Gasteiger charge is 2.63. The lowest BCUT2D eigenvalue weighted by Crippen LogP contribution is -2.63. The third kappa shape index (κ3) is 4.62. The molecule has 11 nitrogen and oxygen atoms in total. The number of pyridine rings is 1. The number of aliphatic hydroxyl groups is 3. The van der Waals surface area contributed by atoms with Crippen LogP contribution in [-0.4, -0.2) is 96.2 Å². The standard InChI is InChI=1S/C34H34F2N6O5/c1-2-23-26(35)7-4-18-12-22(44)13-24(27(18)23)29-28(36)30-25(14-37-29)31(41-15-19-5-6-20(16-41)38-19)40-32(39-30)47-34(45,46)33-9-3-11-42(33)21(17-43)8-10-33/h1,4,7,12-14,19-21,38,43-46H,3,5-6,8-11,15-17H2. The molecule has 6 heterocycles. The average molecular weight is 645 g/mol. The average Bonchev–Trinajstić information content (AvgIpc) is 3.74. The first-order chi connectivity index (χ1) is 22.6. The van der Waals surface area contributed by atoms with Gasteiger partial charge in [-0.25, -0.2) is 8.78 Å². The summed E-state index contributed by atoms with van der Waals surface area (Å²) >= 11 is 0. The van der Waals surface area contributed by atoms with Gasteiger partial charge >= 0.3 is 12.0 Å². The normalized spacial score (nSPS) is 25.9. The van der Waals surface area contributed by atoms with E-state index < -0.39 is 29.2 Å². The predicted octanol–water partition coefficient (Wildman–Crippen LogP) is 2.76. The monoisotopic (exact) mass is 644 g/mol. The van der Waals surface area contributed by atoms with Gasteiger partial charge in [0.15, 0.2) is 5.82 Å². The molecule has 2 aromatic heterocycles. The van der Waals surface area contributed by atoms with E-state index in [0.29, 0.717) is 56.5 Å². The van der Waals surface area contributed by atoms with Crippen molar-refractivity contribution in [3.63, 3.8) is 0 Å². The highest BCUT2D eigenvalue weighted by molar-refractivity contribution is 6.03. The highest BCUT2D eigenvalue weighted by atomic mass is 19.1. The molecule has 0 radical (unpaired) electrons. The number of anilines is 1. The predicted molar refractivity (Wildman–Crippen MR) is 169 cm³/mol. The molecule has 4 aliphatic rings. The number of piperazine rings is 1. The van der Waals surface area contributed by atoms with Crippen molar-refractivity contribution in [2.24, 2.45) is 0 Å². The van der Waals surface area contributed by atoms with Gasteiger partial charge in [0.25, 0.3) is 0 Å². The molecule has 0 spiro atoms. The maximum Gasteiger partial charge on any atom is 0.343 e. The number of rotatable bonds is 6. The molecule has 2 bridgehead atoms. The summed E-state index contributed by atoms with van der Waals surface area (Å²) in [6, 6.07) is 5.01. The minimum Gasteiger partial charge on any atom is -0.508 e. The Bertz CT molecular complexity index is 1960. The molecular weight excluding hydrogens is 610 g/mol. The minimum atomic E-state index is -2.76. The fourth-order valence-corrected chi connectivity index (χ4v) is 8.41. The van der Waals surface area contributed by atoms with E-state index in [2.05, 4.69) is 26.2 Å². The number of terminal acetylenes is 1. The van der Waals surface area contributed by atoms with E-state index in [1.54, 1.807) is 0 Å². The summed E-state index contributed by atoms with van der Waals surface area (Å²) in [7, 11) is 0. The lowest BCUT2D eigenvalue weighted by molar-refractivity contribution is -0.351. The van der Waals surface area contributed by atoms with Gasteiger partial charge in [0, 0.05) is 48.4 Å². The molecule has 5 N–H and O–H groups in total. The van der Waals surface area contributed by atoms with Crippen LogP contribution in [0.25, 0.3) is 32.9 Å². The Labute approximate surface area is 268 Å². The molecule has 4 unspecified atom stereocenters. The van der Waals surface area contributed by atoms with E-state index in [-0.39, 0.29) is 63.6 Å². The minimum absolute atomic E-state index is 0.0647. The number of phenols is 1. The van der Waals surface area contributed by atoms with Crippen molar-refractivity contribution in [3.05, 3.63) is 47.7 Å². The van der Waals surface area contributed by atoms with Gasteiger partial charge in [-0.15, -0.1) is 6.42 Å². The third-order valence-electron chi connectivity index (χ3n) is 10.5. The summed E-state index contributed by atoms with van der Waals surface area (Å²) in [5.41, 5.74) is -1.68. The number of hydrogen-bond acceptors (Lipinski definition) is 11. The zero-order chi connectivity index (χ0) is 32.7. The van der Waals surface area contributed by atoms with Crippen molar-refractivity contribution < 1.29 is 33.9 Å². The molecule has 244 valence electrons. The summed E-state index contributed by atoms with van der Waals surface area (Å²) < 4.78 is 37.6. The van der Waals surface area contributed by atoms with Gasteiger partial charge in [-0.3, -0.25) is 9.88 Å². The molecule has 4 aliphatic heterocycles. The van der Waals surface area contributed by atoms with Gasteiger partial charge in [0.2, 0.25) is 0 Å². The number of nitrogens with zero attached hydrogens (tertiary/aromatic N) is 5. The first kappa shape index (κ1) is 30.2. The van der Waals surface area contributed by atoms with Gasteiger partial charge in [0.05, 0.1) is 17.6 Å². The van der Waals surface area contributed by atoms with Crippen LogP contribution in [0.3, 0.4) is 0 Å². The van der Waals surface area contributed by atoms with Crippen LogP contribution >= 0.6 is 0 Å². The van der Waals surface area contributed by atoms with E-state index in [9.17, 15) is 24.8 Å². The Morgan fingerprint density at radius 1 is 1.11 bits per heavy atom. The van der Waals surface area contributed by atoms with Crippen molar-refractivity contribution in [3.8, 4) is 35.4 Å². The molecule has 4 fully saturated rings. The SMILES string of the molecule is C#Cc1c(F)ccc2cc(O)cc(-c3ncc4c(N5CC6CCC(C5)N6)nc(OC(O)(O)C56CCCN5C(CO)CC6)nc4c3F)c12. The molecule has 4 saturated heterocycles. The number of halogens is 2. The van der Waals surface area contributed by atoms with Crippen LogP contribution in [0.4, 0.5) is 14.6 Å². The summed E-state index contributed by atoms with van der Waals surface area (Å²) in [5, 5.41) is 48.0. The first-order valence-electron chi connectivity index (χ1n) is 15.9. The Morgan fingerprint density at radius 3 is 2.64 bits per heavy atom. The van der Waals surface area contributed by atoms with Crippen LogP contribution < -0.4 is 15.0 Å². The van der Waals surface area contributed by atoms with Crippen molar-refractivity contribution >= 4 is 27.5 Å². The Balaban J connectivity index is 1.30. The zero-order valence-electron chi connectivity index (χ0n) is 25.5. The summed E-state index contributed by atoms with van der Waals surface area (Å²) in [5.74, 6) is -1.88. The van der Waals surface area contributed by atoms with Crippen LogP contribution in [0.1, 0.15) is 44.1 Å². The Kier molecular flexibility index (Phi) is 7.02. The van der Waals surface area contributed by atoms with Crippen molar-refractivity contribution in [1.82, 2.24) is 25.2 Å². The van der Waals surface area contributed by atoms with Gasteiger partial charge in [-0.1, -0.05) is 12.0 Å². The lowest BCUT2D eigenvalue weighted by Gasteiger charge is -2.42. The van der Waals surface area contributed by atoms with Crippen LogP contribution in [0.15, 0.2) is 30.5 Å². The third-order valence-corrected chi connectivity index (χ3v) is 10.5. The number of benzene rings is 2. The summed E-state index contributed by atoms with van der Waals surface area (Å²) in [4.78, 5) is 17.3. The highest BCUT2D eigenvalue weighted by Crippen LogP contribution is 2.48. The second-order valence-corrected chi connectivity index (χ2v) is 13.1. The summed E-state index contributed by atoms with van der Waals surface area (Å²) in [6.45, 7) is 1.59. The number of aromatic hydroxyl groups is 1. The molecule has 4 aromatic rings. The Morgan fingerprint density at radius 2 is 1.89 bits per heavy atom. The summed E-state index contributed by atoms with van der Waals surface area (Å²) in [6.07, 6.45) is 11.1. The van der Waals surface area contributed by atoms with E-state index in [4.69, 9.17) is 11.2 Å². The Hall–Kier alpha value is -4.19. The largest absolute Gasteiger partial charge is 0.508 e. The zero-order valence-corrected chi connectivity index (χ0v) is 25.5. The maximum atomic E-state index is 16.9. The van der Waals surface area contributed by atoms with Gasteiger partial charge in [-0.05, 0) is 68.7 Å². The topological polar surface area (TPSA) is 147 Å². The molecule has 0 aliphatic carbocycles. The number of nitrogens with one attached hydrogen (secondary N) is 1. The van der Waals surface area contributed by atoms with Gasteiger partial charge in [-0.2, -0.15) is 9.97 Å². The van der Waals surface area contributed by atoms with Gasteiger partial charge in [0.1, 0.15) is 34.1 Å². The smallest absolute Gasteiger partial charge is 0.343 e. The number of ether oxygens (including phenoxy) is 1. The fraction of sp³-hybridized carbons (Fsp3) is 0.441.